The molecule has 1 nitrogen and oxygen atoms in total. The number of rotatable bonds is 4. The van der Waals surface area contributed by atoms with Crippen LogP contribution < -0.4 is 5.73 Å². The average molecular weight is 249 g/mol. The first-order valence-corrected chi connectivity index (χ1v) is 7.19. The van der Waals surface area contributed by atoms with E-state index in [1.165, 1.54) is 44.2 Å². The summed E-state index contributed by atoms with van der Waals surface area (Å²) >= 11 is 0. The Morgan fingerprint density at radius 1 is 1.28 bits per heavy atom. The van der Waals surface area contributed by atoms with Crippen molar-refractivity contribution in [2.75, 3.05) is 0 Å². The molecule has 100 valence electrons. The lowest BCUT2D eigenvalue weighted by molar-refractivity contribution is 0.228. The number of halogens is 1. The molecule has 18 heavy (non-hydrogen) atoms. The molecule has 1 saturated carbocycles. The molecule has 2 N–H and O–H groups in total. The van der Waals surface area contributed by atoms with Gasteiger partial charge in [0.2, 0.25) is 0 Å². The van der Waals surface area contributed by atoms with Gasteiger partial charge in [-0.2, -0.15) is 0 Å². The van der Waals surface area contributed by atoms with Crippen LogP contribution in [-0.2, 0) is 6.42 Å². The molecule has 1 fully saturated rings. The van der Waals surface area contributed by atoms with Crippen molar-refractivity contribution in [2.45, 2.75) is 51.5 Å². The van der Waals surface area contributed by atoms with Gasteiger partial charge in [0.15, 0.2) is 0 Å². The van der Waals surface area contributed by atoms with Crippen LogP contribution in [-0.4, -0.2) is 6.04 Å². The zero-order valence-corrected chi connectivity index (χ0v) is 11.2. The Bertz CT molecular complexity index is 360. The van der Waals surface area contributed by atoms with Crippen molar-refractivity contribution in [1.82, 2.24) is 0 Å². The van der Waals surface area contributed by atoms with Crippen LogP contribution in [0.3, 0.4) is 0 Å². The van der Waals surface area contributed by atoms with E-state index in [9.17, 15) is 4.39 Å². The fraction of sp³-hybridized carbons (Fsp3) is 0.625. The summed E-state index contributed by atoms with van der Waals surface area (Å²) in [6.07, 6.45) is 7.38. The Kier molecular flexibility index (Phi) is 4.76. The minimum absolute atomic E-state index is 0.170. The smallest absolute Gasteiger partial charge is 0.123 e. The fourth-order valence-corrected chi connectivity index (χ4v) is 3.15. The predicted octanol–water partition coefficient (Wildman–Crippen LogP) is 3.91. The van der Waals surface area contributed by atoms with Crippen molar-refractivity contribution in [2.24, 2.45) is 17.6 Å². The molecule has 0 heterocycles. The summed E-state index contributed by atoms with van der Waals surface area (Å²) in [4.78, 5) is 0. The molecule has 1 aliphatic carbocycles. The van der Waals surface area contributed by atoms with E-state index in [2.05, 4.69) is 6.92 Å². The maximum atomic E-state index is 12.8. The van der Waals surface area contributed by atoms with Crippen LogP contribution >= 0.6 is 0 Å². The van der Waals surface area contributed by atoms with Crippen molar-refractivity contribution in [3.8, 4) is 0 Å². The van der Waals surface area contributed by atoms with Crippen LogP contribution in [0.15, 0.2) is 24.3 Å². The first-order chi connectivity index (χ1) is 8.69. The third-order valence-electron chi connectivity index (χ3n) is 4.39. The SMILES string of the molecule is CCC1CCCC(C(N)Cc2ccc(F)cc2)C1. The summed E-state index contributed by atoms with van der Waals surface area (Å²) in [5, 5.41) is 0. The number of hydrogen-bond acceptors (Lipinski definition) is 1. The molecular weight excluding hydrogens is 225 g/mol. The zero-order valence-electron chi connectivity index (χ0n) is 11.2. The fourth-order valence-electron chi connectivity index (χ4n) is 3.15. The van der Waals surface area contributed by atoms with Gasteiger partial charge in [0.25, 0.3) is 0 Å². The standard InChI is InChI=1S/C16H24FN/c1-2-12-4-3-5-14(10-12)16(18)11-13-6-8-15(17)9-7-13/h6-9,12,14,16H,2-5,10-11,18H2,1H3. The van der Waals surface area contributed by atoms with Crippen molar-refractivity contribution in [3.05, 3.63) is 35.6 Å². The molecule has 0 amide bonds. The second-order valence-corrected chi connectivity index (χ2v) is 5.70. The van der Waals surface area contributed by atoms with Crippen molar-refractivity contribution in [3.63, 3.8) is 0 Å². The van der Waals surface area contributed by atoms with Crippen molar-refractivity contribution < 1.29 is 4.39 Å². The van der Waals surface area contributed by atoms with E-state index in [1.807, 2.05) is 12.1 Å². The van der Waals surface area contributed by atoms with Crippen LogP contribution in [0.25, 0.3) is 0 Å². The third-order valence-corrected chi connectivity index (χ3v) is 4.39. The van der Waals surface area contributed by atoms with Gasteiger partial charge in [-0.05, 0) is 48.8 Å². The van der Waals surface area contributed by atoms with Crippen molar-refractivity contribution >= 4 is 0 Å². The predicted molar refractivity (Wildman–Crippen MR) is 73.8 cm³/mol. The molecule has 2 heteroatoms. The molecule has 2 rings (SSSR count). The maximum Gasteiger partial charge on any atom is 0.123 e. The minimum Gasteiger partial charge on any atom is -0.327 e. The molecule has 0 bridgehead atoms. The van der Waals surface area contributed by atoms with Gasteiger partial charge in [0.05, 0.1) is 0 Å². The van der Waals surface area contributed by atoms with Gasteiger partial charge < -0.3 is 5.73 Å². The van der Waals surface area contributed by atoms with E-state index in [1.54, 1.807) is 0 Å². The molecule has 1 aromatic carbocycles. The lowest BCUT2D eigenvalue weighted by atomic mass is 9.76. The van der Waals surface area contributed by atoms with Crippen LogP contribution in [0.1, 0.15) is 44.6 Å². The molecule has 3 atom stereocenters. The lowest BCUT2D eigenvalue weighted by Crippen LogP contribution is -2.35. The number of benzene rings is 1. The first-order valence-electron chi connectivity index (χ1n) is 7.19. The highest BCUT2D eigenvalue weighted by Crippen LogP contribution is 2.33. The Labute approximate surface area is 110 Å². The third kappa shape index (κ3) is 3.55. The number of nitrogens with two attached hydrogens (primary N) is 1. The van der Waals surface area contributed by atoms with Gasteiger partial charge in [-0.1, -0.05) is 38.3 Å². The Morgan fingerprint density at radius 2 is 2.00 bits per heavy atom. The van der Waals surface area contributed by atoms with Gasteiger partial charge >= 0.3 is 0 Å². The molecule has 3 unspecified atom stereocenters. The molecule has 0 aromatic heterocycles. The van der Waals surface area contributed by atoms with E-state index in [0.717, 1.165) is 17.9 Å². The number of hydrogen-bond donors (Lipinski definition) is 1. The van der Waals surface area contributed by atoms with Crippen molar-refractivity contribution in [1.29, 1.82) is 0 Å². The quantitative estimate of drug-likeness (QED) is 0.860. The maximum absolute atomic E-state index is 12.8. The molecule has 0 saturated heterocycles. The zero-order chi connectivity index (χ0) is 13.0. The molecule has 0 aliphatic heterocycles. The van der Waals surface area contributed by atoms with E-state index in [4.69, 9.17) is 5.73 Å². The molecule has 0 radical (unpaired) electrons. The van der Waals surface area contributed by atoms with Gasteiger partial charge in [-0.15, -0.1) is 0 Å². The highest BCUT2D eigenvalue weighted by atomic mass is 19.1. The van der Waals surface area contributed by atoms with Crippen LogP contribution in [0.5, 0.6) is 0 Å². The summed E-state index contributed by atoms with van der Waals surface area (Å²) in [6, 6.07) is 6.99. The highest BCUT2D eigenvalue weighted by molar-refractivity contribution is 5.17. The summed E-state index contributed by atoms with van der Waals surface area (Å²) in [5.74, 6) is 1.34. The topological polar surface area (TPSA) is 26.0 Å². The highest BCUT2D eigenvalue weighted by Gasteiger charge is 2.25. The summed E-state index contributed by atoms with van der Waals surface area (Å²) in [5.41, 5.74) is 7.50. The van der Waals surface area contributed by atoms with Gasteiger partial charge in [0.1, 0.15) is 5.82 Å². The largest absolute Gasteiger partial charge is 0.327 e. The summed E-state index contributed by atoms with van der Waals surface area (Å²) in [6.45, 7) is 2.28. The van der Waals surface area contributed by atoms with Crippen LogP contribution in [0.2, 0.25) is 0 Å². The summed E-state index contributed by atoms with van der Waals surface area (Å²) in [7, 11) is 0. The molecule has 1 aromatic rings. The second kappa shape index (κ2) is 6.33. The lowest BCUT2D eigenvalue weighted by Gasteiger charge is -2.32. The normalized spacial score (nSPS) is 25.9. The summed E-state index contributed by atoms with van der Waals surface area (Å²) < 4.78 is 12.8. The monoisotopic (exact) mass is 249 g/mol. The van der Waals surface area contributed by atoms with E-state index >= 15 is 0 Å². The first kappa shape index (κ1) is 13.5. The Balaban J connectivity index is 1.90. The Morgan fingerprint density at radius 3 is 2.67 bits per heavy atom. The van der Waals surface area contributed by atoms with E-state index in [-0.39, 0.29) is 11.9 Å². The Hall–Kier alpha value is -0.890. The van der Waals surface area contributed by atoms with E-state index in [0.29, 0.717) is 5.92 Å². The second-order valence-electron chi connectivity index (χ2n) is 5.70. The molecule has 0 spiro atoms. The van der Waals surface area contributed by atoms with E-state index < -0.39 is 0 Å². The van der Waals surface area contributed by atoms with Crippen LogP contribution in [0, 0.1) is 17.7 Å². The minimum atomic E-state index is -0.170. The van der Waals surface area contributed by atoms with Gasteiger partial charge in [-0.25, -0.2) is 4.39 Å². The molecule has 1 aliphatic rings. The average Bonchev–Trinajstić information content (AvgIpc) is 2.41. The van der Waals surface area contributed by atoms with Gasteiger partial charge in [0, 0.05) is 6.04 Å². The molecular formula is C16H24FN. The van der Waals surface area contributed by atoms with Crippen LogP contribution in [0.4, 0.5) is 4.39 Å². The van der Waals surface area contributed by atoms with Gasteiger partial charge in [-0.3, -0.25) is 0 Å².